The number of rotatable bonds is 5. The van der Waals surface area contributed by atoms with E-state index in [0.29, 0.717) is 53.8 Å². The van der Waals surface area contributed by atoms with Crippen LogP contribution in [0.1, 0.15) is 37.1 Å². The molecule has 5 heterocycles. The van der Waals surface area contributed by atoms with Crippen molar-refractivity contribution in [2.24, 2.45) is 5.73 Å². The van der Waals surface area contributed by atoms with Gasteiger partial charge in [0.1, 0.15) is 28.6 Å². The van der Waals surface area contributed by atoms with Crippen molar-refractivity contribution in [2.45, 2.75) is 38.8 Å². The average Bonchev–Trinajstić information content (AvgIpc) is 3.61. The van der Waals surface area contributed by atoms with Gasteiger partial charge in [0.2, 0.25) is 0 Å². The number of nitrogens with two attached hydrogens (primary N) is 1. The molecule has 0 spiro atoms. The molecule has 7 nitrogen and oxygen atoms in total. The van der Waals surface area contributed by atoms with Crippen LogP contribution in [0, 0.1) is 36.0 Å². The quantitative estimate of drug-likeness (QED) is 0.158. The Labute approximate surface area is 254 Å². The Bertz CT molecular complexity index is 2060. The van der Waals surface area contributed by atoms with Crippen molar-refractivity contribution >= 4 is 27.8 Å². The summed E-state index contributed by atoms with van der Waals surface area (Å²) in [6.45, 7) is 4.99. The maximum absolute atomic E-state index is 14.8. The number of fused-ring (bicyclic) bond motifs is 2. The van der Waals surface area contributed by atoms with Crippen molar-refractivity contribution in [2.75, 3.05) is 18.0 Å². The number of benzene rings is 2. The van der Waals surface area contributed by atoms with Crippen molar-refractivity contribution in [3.8, 4) is 22.5 Å². The fourth-order valence-electron chi connectivity index (χ4n) is 6.10. The number of H-pyrrole nitrogens is 1. The fraction of sp³-hybridized carbons (Fsp3) is 0.242. The molecular weight excluding hydrogens is 589 g/mol. The normalized spacial score (nSPS) is 15.0. The van der Waals surface area contributed by atoms with E-state index in [1.165, 1.54) is 12.1 Å². The zero-order valence-electron chi connectivity index (χ0n) is 24.4. The summed E-state index contributed by atoms with van der Waals surface area (Å²) in [6, 6.07) is 7.64. The third-order valence-corrected chi connectivity index (χ3v) is 8.49. The number of hydrogen-bond acceptors (Lipinski definition) is 5. The van der Waals surface area contributed by atoms with E-state index >= 15 is 0 Å². The third kappa shape index (κ3) is 4.98. The van der Waals surface area contributed by atoms with E-state index in [0.717, 1.165) is 23.4 Å². The van der Waals surface area contributed by atoms with Gasteiger partial charge in [0.05, 0.1) is 28.3 Å². The first kappa shape index (κ1) is 28.9. The largest absolute Gasteiger partial charge is 0.370 e. The molecule has 3 N–H and O–H groups in total. The summed E-state index contributed by atoms with van der Waals surface area (Å²) in [4.78, 5) is 18.8. The van der Waals surface area contributed by atoms with Crippen LogP contribution in [0.2, 0.25) is 0 Å². The van der Waals surface area contributed by atoms with Crippen molar-refractivity contribution in [3.05, 3.63) is 95.3 Å². The van der Waals surface area contributed by atoms with Gasteiger partial charge in [0, 0.05) is 61.0 Å². The van der Waals surface area contributed by atoms with Gasteiger partial charge >= 0.3 is 0 Å². The second-order valence-corrected chi connectivity index (χ2v) is 11.6. The number of aromatic amines is 1. The van der Waals surface area contributed by atoms with Gasteiger partial charge in [-0.15, -0.1) is 0 Å². The maximum atomic E-state index is 14.8. The fourth-order valence-corrected chi connectivity index (χ4v) is 6.10. The van der Waals surface area contributed by atoms with E-state index in [2.05, 4.69) is 19.9 Å². The summed E-state index contributed by atoms with van der Waals surface area (Å²) < 4.78 is 74.2. The lowest BCUT2D eigenvalue weighted by Crippen LogP contribution is -2.40. The van der Waals surface area contributed by atoms with E-state index in [4.69, 9.17) is 10.7 Å². The predicted molar refractivity (Wildman–Crippen MR) is 162 cm³/mol. The molecule has 230 valence electrons. The molecular formula is C33H28F5N7. The predicted octanol–water partition coefficient (Wildman–Crippen LogP) is 7.18. The monoisotopic (exact) mass is 617 g/mol. The van der Waals surface area contributed by atoms with Gasteiger partial charge in [-0.2, -0.15) is 0 Å². The van der Waals surface area contributed by atoms with Crippen molar-refractivity contribution < 1.29 is 22.0 Å². The van der Waals surface area contributed by atoms with Gasteiger partial charge in [0.25, 0.3) is 0 Å². The number of imidazole rings is 1. The van der Waals surface area contributed by atoms with Gasteiger partial charge < -0.3 is 20.2 Å². The standard InChI is InChI=1S/C33H28F5N7/c1-16-3-4-25(40-13-16)17(2)45-15-23(32-42-26-12-24(36)28(37)29(38)30(26)43-32)27-31(44-7-5-21(39)6-8-44)22(14-41-33(27)45)18-9-19(34)11-20(35)10-18/h3-4,9-15,17,21H,5-8,39H2,1-2H3,(H,42,43). The molecule has 4 aromatic heterocycles. The maximum Gasteiger partial charge on any atom is 0.196 e. The molecule has 0 amide bonds. The molecule has 1 saturated heterocycles. The summed E-state index contributed by atoms with van der Waals surface area (Å²) >= 11 is 0. The van der Waals surface area contributed by atoms with Crippen LogP contribution < -0.4 is 10.6 Å². The van der Waals surface area contributed by atoms with Crippen LogP contribution in [0.25, 0.3) is 44.6 Å². The van der Waals surface area contributed by atoms with Gasteiger partial charge in [-0.25, -0.2) is 31.9 Å². The average molecular weight is 618 g/mol. The molecule has 1 aliphatic rings. The number of nitrogens with one attached hydrogen (secondary N) is 1. The van der Waals surface area contributed by atoms with Gasteiger partial charge in [0.15, 0.2) is 17.5 Å². The SMILES string of the molecule is Cc1ccc(C(C)n2cc(-c3nc4c(F)c(F)c(F)cc4[nH]3)c3c(N4CCC(N)CC4)c(-c4cc(F)cc(F)c4)cnc32)nc1. The first-order valence-electron chi connectivity index (χ1n) is 14.6. The molecule has 1 unspecified atom stereocenters. The number of pyridine rings is 2. The summed E-state index contributed by atoms with van der Waals surface area (Å²) in [5, 5.41) is 0.562. The van der Waals surface area contributed by atoms with Crippen LogP contribution in [-0.4, -0.2) is 43.6 Å². The minimum absolute atomic E-state index is 0.00603. The van der Waals surface area contributed by atoms with E-state index in [9.17, 15) is 22.0 Å². The number of aromatic nitrogens is 5. The number of piperidine rings is 1. The van der Waals surface area contributed by atoms with E-state index in [1.807, 2.05) is 30.5 Å². The smallest absolute Gasteiger partial charge is 0.196 e. The third-order valence-electron chi connectivity index (χ3n) is 8.49. The van der Waals surface area contributed by atoms with Crippen molar-refractivity contribution in [1.29, 1.82) is 0 Å². The van der Waals surface area contributed by atoms with E-state index < -0.39 is 29.1 Å². The molecule has 1 fully saturated rings. The topological polar surface area (TPSA) is 88.7 Å². The van der Waals surface area contributed by atoms with Crippen LogP contribution in [0.15, 0.2) is 55.0 Å². The summed E-state index contributed by atoms with van der Waals surface area (Å²) in [5.41, 5.74) is 9.91. The number of aryl methyl sites for hydroxylation is 1. The molecule has 7 rings (SSSR count). The van der Waals surface area contributed by atoms with Gasteiger partial charge in [-0.05, 0) is 56.0 Å². The summed E-state index contributed by atoms with van der Waals surface area (Å²) in [6.07, 6.45) is 6.47. The highest BCUT2D eigenvalue weighted by molar-refractivity contribution is 6.07. The lowest BCUT2D eigenvalue weighted by Gasteiger charge is -2.34. The number of nitrogens with zero attached hydrogens (tertiary/aromatic N) is 5. The Hall–Kier alpha value is -4.84. The lowest BCUT2D eigenvalue weighted by molar-refractivity contribution is 0.452. The Morgan fingerprint density at radius 1 is 0.911 bits per heavy atom. The number of anilines is 1. The second kappa shape index (κ2) is 11.0. The van der Waals surface area contributed by atoms with Crippen LogP contribution in [0.5, 0.6) is 0 Å². The zero-order chi connectivity index (χ0) is 31.6. The first-order chi connectivity index (χ1) is 21.6. The molecule has 6 aromatic rings. The highest BCUT2D eigenvalue weighted by Crippen LogP contribution is 2.44. The van der Waals surface area contributed by atoms with Crippen molar-refractivity contribution in [1.82, 2.24) is 24.5 Å². The lowest BCUT2D eigenvalue weighted by atomic mass is 9.98. The minimum atomic E-state index is -1.62. The Balaban J connectivity index is 1.55. The molecule has 1 aliphatic heterocycles. The molecule has 1 atom stereocenters. The molecule has 2 aromatic carbocycles. The molecule has 0 bridgehead atoms. The Kier molecular flexibility index (Phi) is 7.03. The van der Waals surface area contributed by atoms with Gasteiger partial charge in [-0.1, -0.05) is 6.07 Å². The second-order valence-electron chi connectivity index (χ2n) is 11.6. The molecule has 45 heavy (non-hydrogen) atoms. The van der Waals surface area contributed by atoms with Crippen LogP contribution in [0.3, 0.4) is 0 Å². The zero-order valence-corrected chi connectivity index (χ0v) is 24.4. The summed E-state index contributed by atoms with van der Waals surface area (Å²) in [7, 11) is 0. The number of hydrogen-bond donors (Lipinski definition) is 2. The first-order valence-corrected chi connectivity index (χ1v) is 14.6. The molecule has 12 heteroatoms. The number of halogens is 5. The van der Waals surface area contributed by atoms with E-state index in [-0.39, 0.29) is 34.5 Å². The highest BCUT2D eigenvalue weighted by Gasteiger charge is 2.29. The Morgan fingerprint density at radius 3 is 2.33 bits per heavy atom. The van der Waals surface area contributed by atoms with Crippen molar-refractivity contribution in [3.63, 3.8) is 0 Å². The molecule has 0 saturated carbocycles. The molecule has 0 radical (unpaired) electrons. The Morgan fingerprint density at radius 2 is 1.64 bits per heavy atom. The van der Waals surface area contributed by atoms with Crippen LogP contribution >= 0.6 is 0 Å². The molecule has 0 aliphatic carbocycles. The van der Waals surface area contributed by atoms with Crippen LogP contribution in [-0.2, 0) is 0 Å². The summed E-state index contributed by atoms with van der Waals surface area (Å²) in [5.74, 6) is -5.73. The van der Waals surface area contributed by atoms with E-state index in [1.54, 1.807) is 18.6 Å². The van der Waals surface area contributed by atoms with Gasteiger partial charge in [-0.3, -0.25) is 4.98 Å². The minimum Gasteiger partial charge on any atom is -0.370 e. The highest BCUT2D eigenvalue weighted by atomic mass is 19.2. The van der Waals surface area contributed by atoms with Crippen LogP contribution in [0.4, 0.5) is 27.6 Å².